The summed E-state index contributed by atoms with van der Waals surface area (Å²) < 4.78 is 0. The van der Waals surface area contributed by atoms with Gasteiger partial charge in [0.15, 0.2) is 0 Å². The van der Waals surface area contributed by atoms with E-state index < -0.39 is 0 Å². The summed E-state index contributed by atoms with van der Waals surface area (Å²) in [6.45, 7) is 3.60. The zero-order valence-electron chi connectivity index (χ0n) is 12.0. The lowest BCUT2D eigenvalue weighted by Gasteiger charge is -2.25. The Balaban J connectivity index is 1.55. The third-order valence-electron chi connectivity index (χ3n) is 4.18. The molecule has 0 bridgehead atoms. The van der Waals surface area contributed by atoms with Crippen LogP contribution in [0.15, 0.2) is 36.7 Å². The molecule has 1 aliphatic heterocycles. The molecule has 0 unspecified atom stereocenters. The summed E-state index contributed by atoms with van der Waals surface area (Å²) in [7, 11) is 0. The van der Waals surface area contributed by atoms with Gasteiger partial charge in [0.2, 0.25) is 0 Å². The fourth-order valence-electron chi connectivity index (χ4n) is 3.02. The quantitative estimate of drug-likeness (QED) is 0.782. The van der Waals surface area contributed by atoms with Gasteiger partial charge in [-0.1, -0.05) is 6.42 Å². The van der Waals surface area contributed by atoms with Crippen LogP contribution in [0.1, 0.15) is 24.1 Å². The molecule has 1 saturated heterocycles. The maximum atomic E-state index is 4.58. The summed E-state index contributed by atoms with van der Waals surface area (Å²) in [5.41, 5.74) is 2.18. The average Bonchev–Trinajstić information content (AvgIpc) is 3.16. The molecule has 0 saturated carbocycles. The van der Waals surface area contributed by atoms with Gasteiger partial charge >= 0.3 is 0 Å². The lowest BCUT2D eigenvalue weighted by Crippen LogP contribution is -2.28. The van der Waals surface area contributed by atoms with Crippen LogP contribution >= 0.6 is 11.3 Å². The second kappa shape index (κ2) is 5.62. The largest absolute Gasteiger partial charge is 0.360 e. The van der Waals surface area contributed by atoms with Gasteiger partial charge in [-0.15, -0.1) is 11.3 Å². The van der Waals surface area contributed by atoms with E-state index in [1.54, 1.807) is 0 Å². The molecule has 0 amide bonds. The van der Waals surface area contributed by atoms with Crippen molar-refractivity contribution < 1.29 is 0 Å². The standard InChI is InChI=1S/C17H19N3S/c1-2-8-20(9-3-1)12-14-4-5-17(21-14)15-10-13-6-7-18-16(13)11-19-15/h4-7,10-11,18H,1-3,8-9,12H2. The zero-order valence-corrected chi connectivity index (χ0v) is 12.8. The Morgan fingerprint density at radius 3 is 2.95 bits per heavy atom. The number of aromatic nitrogens is 2. The molecular weight excluding hydrogens is 278 g/mol. The summed E-state index contributed by atoms with van der Waals surface area (Å²) in [6.07, 6.45) is 7.99. The van der Waals surface area contributed by atoms with Crippen LogP contribution in [0.25, 0.3) is 21.5 Å². The molecule has 1 aliphatic rings. The van der Waals surface area contributed by atoms with Crippen molar-refractivity contribution >= 4 is 22.2 Å². The first-order valence-corrected chi connectivity index (χ1v) is 8.45. The number of hydrogen-bond acceptors (Lipinski definition) is 3. The lowest BCUT2D eigenvalue weighted by molar-refractivity contribution is 0.222. The molecule has 1 N–H and O–H groups in total. The van der Waals surface area contributed by atoms with E-state index in [-0.39, 0.29) is 0 Å². The molecule has 1 fully saturated rings. The molecular formula is C17H19N3S. The average molecular weight is 297 g/mol. The van der Waals surface area contributed by atoms with Crippen molar-refractivity contribution in [2.45, 2.75) is 25.8 Å². The van der Waals surface area contributed by atoms with Gasteiger partial charge in [0.25, 0.3) is 0 Å². The maximum absolute atomic E-state index is 4.58. The normalized spacial score (nSPS) is 16.6. The van der Waals surface area contributed by atoms with Gasteiger partial charge in [0, 0.05) is 23.0 Å². The van der Waals surface area contributed by atoms with Crippen molar-refractivity contribution in [1.82, 2.24) is 14.9 Å². The SMILES string of the molecule is c1cc2cc(-c3ccc(CN4CCCCC4)s3)ncc2[nH]1. The van der Waals surface area contributed by atoms with E-state index in [4.69, 9.17) is 0 Å². The molecule has 3 aromatic heterocycles. The van der Waals surface area contributed by atoms with E-state index in [2.05, 4.69) is 39.1 Å². The first-order chi connectivity index (χ1) is 10.4. The number of fused-ring (bicyclic) bond motifs is 1. The minimum Gasteiger partial charge on any atom is -0.360 e. The summed E-state index contributed by atoms with van der Waals surface area (Å²) >= 11 is 1.88. The van der Waals surface area contributed by atoms with Crippen LogP contribution < -0.4 is 0 Å². The highest BCUT2D eigenvalue weighted by Gasteiger charge is 2.12. The molecule has 0 spiro atoms. The Bertz CT molecular complexity index is 737. The first kappa shape index (κ1) is 13.0. The molecule has 21 heavy (non-hydrogen) atoms. The Morgan fingerprint density at radius 2 is 2.05 bits per heavy atom. The van der Waals surface area contributed by atoms with Gasteiger partial charge in [-0.3, -0.25) is 9.88 Å². The molecule has 0 radical (unpaired) electrons. The molecule has 3 aromatic rings. The van der Waals surface area contributed by atoms with E-state index in [0.717, 1.165) is 17.8 Å². The van der Waals surface area contributed by atoms with Gasteiger partial charge in [0.05, 0.1) is 22.3 Å². The van der Waals surface area contributed by atoms with Gasteiger partial charge in [-0.2, -0.15) is 0 Å². The number of rotatable bonds is 3. The highest BCUT2D eigenvalue weighted by molar-refractivity contribution is 7.15. The van der Waals surface area contributed by atoms with Gasteiger partial charge in [-0.25, -0.2) is 0 Å². The molecule has 4 rings (SSSR count). The summed E-state index contributed by atoms with van der Waals surface area (Å²) in [6, 6.07) is 8.74. The predicted molar refractivity (Wildman–Crippen MR) is 88.5 cm³/mol. The highest BCUT2D eigenvalue weighted by Crippen LogP contribution is 2.29. The number of H-pyrrole nitrogens is 1. The second-order valence-corrected chi connectivity index (χ2v) is 6.91. The monoisotopic (exact) mass is 297 g/mol. The van der Waals surface area contributed by atoms with Crippen LogP contribution in [-0.4, -0.2) is 28.0 Å². The fraction of sp³-hybridized carbons (Fsp3) is 0.353. The summed E-state index contributed by atoms with van der Waals surface area (Å²) in [4.78, 5) is 13.1. The number of pyridine rings is 1. The Morgan fingerprint density at radius 1 is 1.14 bits per heavy atom. The number of piperidine rings is 1. The molecule has 0 aromatic carbocycles. The number of nitrogens with one attached hydrogen (secondary N) is 1. The van der Waals surface area contributed by atoms with E-state index in [9.17, 15) is 0 Å². The van der Waals surface area contributed by atoms with Crippen molar-refractivity contribution in [3.63, 3.8) is 0 Å². The lowest BCUT2D eigenvalue weighted by atomic mass is 10.1. The second-order valence-electron chi connectivity index (χ2n) is 5.74. The Hall–Kier alpha value is -1.65. The summed E-state index contributed by atoms with van der Waals surface area (Å²) in [5, 5.41) is 1.23. The first-order valence-electron chi connectivity index (χ1n) is 7.63. The highest BCUT2D eigenvalue weighted by atomic mass is 32.1. The van der Waals surface area contributed by atoms with Crippen LogP contribution in [0.4, 0.5) is 0 Å². The van der Waals surface area contributed by atoms with Crippen LogP contribution in [0.5, 0.6) is 0 Å². The van der Waals surface area contributed by atoms with Crippen molar-refractivity contribution in [1.29, 1.82) is 0 Å². The zero-order chi connectivity index (χ0) is 14.1. The molecule has 0 atom stereocenters. The third-order valence-corrected chi connectivity index (χ3v) is 5.27. The van der Waals surface area contributed by atoms with E-state index in [0.29, 0.717) is 0 Å². The number of thiophene rings is 1. The van der Waals surface area contributed by atoms with Crippen molar-refractivity contribution in [3.05, 3.63) is 41.5 Å². The van der Waals surface area contributed by atoms with E-state index >= 15 is 0 Å². The number of hydrogen-bond donors (Lipinski definition) is 1. The van der Waals surface area contributed by atoms with Crippen molar-refractivity contribution in [2.75, 3.05) is 13.1 Å². The van der Waals surface area contributed by atoms with Gasteiger partial charge < -0.3 is 4.98 Å². The van der Waals surface area contributed by atoms with Crippen LogP contribution in [-0.2, 0) is 6.54 Å². The Labute approximate surface area is 128 Å². The number of likely N-dealkylation sites (tertiary alicyclic amines) is 1. The number of aromatic amines is 1. The van der Waals surface area contributed by atoms with E-state index in [1.165, 1.54) is 47.5 Å². The van der Waals surface area contributed by atoms with Gasteiger partial charge in [0.1, 0.15) is 0 Å². The molecule has 4 heterocycles. The number of nitrogens with zero attached hydrogens (tertiary/aromatic N) is 2. The minimum absolute atomic E-state index is 1.08. The van der Waals surface area contributed by atoms with Crippen LogP contribution in [0.3, 0.4) is 0 Å². The maximum Gasteiger partial charge on any atom is 0.0809 e. The van der Waals surface area contributed by atoms with Crippen LogP contribution in [0, 0.1) is 0 Å². The van der Waals surface area contributed by atoms with E-state index in [1.807, 2.05) is 23.7 Å². The fourth-order valence-corrected chi connectivity index (χ4v) is 4.04. The van der Waals surface area contributed by atoms with Gasteiger partial charge in [-0.05, 0) is 50.2 Å². The summed E-state index contributed by atoms with van der Waals surface area (Å²) in [5.74, 6) is 0. The molecule has 0 aliphatic carbocycles. The molecule has 108 valence electrons. The Kier molecular flexibility index (Phi) is 3.49. The van der Waals surface area contributed by atoms with Crippen molar-refractivity contribution in [3.8, 4) is 10.6 Å². The third kappa shape index (κ3) is 2.74. The minimum atomic E-state index is 1.08. The molecule has 3 nitrogen and oxygen atoms in total. The van der Waals surface area contributed by atoms with Crippen LogP contribution in [0.2, 0.25) is 0 Å². The smallest absolute Gasteiger partial charge is 0.0809 e. The van der Waals surface area contributed by atoms with Crippen molar-refractivity contribution in [2.24, 2.45) is 0 Å². The topological polar surface area (TPSA) is 31.9 Å². The molecule has 4 heteroatoms. The predicted octanol–water partition coefficient (Wildman–Crippen LogP) is 4.28.